The van der Waals surface area contributed by atoms with E-state index in [1.807, 2.05) is 13.0 Å². The summed E-state index contributed by atoms with van der Waals surface area (Å²) in [5.41, 5.74) is 1.72. The number of anilines is 3. The summed E-state index contributed by atoms with van der Waals surface area (Å²) in [6.07, 6.45) is -0.340. The van der Waals surface area contributed by atoms with Crippen molar-refractivity contribution in [2.24, 2.45) is 0 Å². The van der Waals surface area contributed by atoms with Gasteiger partial charge in [0.1, 0.15) is 30.6 Å². The van der Waals surface area contributed by atoms with Crippen LogP contribution < -0.4 is 20.5 Å². The average Bonchev–Trinajstić information content (AvgIpc) is 3.47. The molecule has 1 aliphatic rings. The van der Waals surface area contributed by atoms with Crippen molar-refractivity contribution in [2.45, 2.75) is 32.0 Å². The van der Waals surface area contributed by atoms with E-state index in [4.69, 9.17) is 4.74 Å². The fraction of sp³-hybridized carbons (Fsp3) is 0.233. The third kappa shape index (κ3) is 7.00. The van der Waals surface area contributed by atoms with Gasteiger partial charge in [-0.1, -0.05) is 6.07 Å². The summed E-state index contributed by atoms with van der Waals surface area (Å²) in [6.45, 7) is 1.95. The van der Waals surface area contributed by atoms with E-state index in [1.54, 1.807) is 42.7 Å². The Morgan fingerprint density at radius 2 is 1.93 bits per heavy atom. The van der Waals surface area contributed by atoms with Gasteiger partial charge in [0, 0.05) is 47.5 Å². The number of amides is 2. The highest BCUT2D eigenvalue weighted by Gasteiger charge is 2.32. The predicted molar refractivity (Wildman–Crippen MR) is 150 cm³/mol. The Morgan fingerprint density at radius 1 is 1.09 bits per heavy atom. The topological polar surface area (TPSA) is 132 Å². The fourth-order valence-corrected chi connectivity index (χ4v) is 4.75. The third-order valence-electron chi connectivity index (χ3n) is 6.96. The van der Waals surface area contributed by atoms with Gasteiger partial charge in [-0.2, -0.15) is 13.2 Å². The van der Waals surface area contributed by atoms with Crippen LogP contribution in [-0.4, -0.2) is 51.0 Å². The minimum atomic E-state index is -4.71. The molecule has 0 saturated carbocycles. The van der Waals surface area contributed by atoms with E-state index in [2.05, 4.69) is 25.6 Å². The van der Waals surface area contributed by atoms with Crippen molar-refractivity contribution in [3.05, 3.63) is 90.0 Å². The number of carbonyl (C=O) groups is 2. The Kier molecular flexibility index (Phi) is 8.41. The third-order valence-corrected chi connectivity index (χ3v) is 6.96. The van der Waals surface area contributed by atoms with Crippen molar-refractivity contribution in [1.29, 1.82) is 0 Å². The van der Waals surface area contributed by atoms with E-state index in [0.29, 0.717) is 35.6 Å². The number of carboxylic acid groups (broad SMARTS) is 1. The summed E-state index contributed by atoms with van der Waals surface area (Å²) in [7, 11) is 0. The number of hydrogen-bond donors (Lipinski definition) is 2. The molecule has 4 aromatic rings. The molecule has 2 N–H and O–H groups in total. The first kappa shape index (κ1) is 29.3. The standard InChI is InChI=1S/C30H27F3N6O4/c1-18-6-7-19(12-26(18)38-27-24(5-2-9-35-27)25-8-10-34-17-36-25)28(40)37-21-13-20(30(31,32)33)14-23(15-21)43-16-22-4-3-11-39(22)29(41)42/h2,5-10,12-15,17,22H,3-4,11,16H2,1H3,(H,35,38)(H,37,40)(H,41,42)/p-1/t22-/m0/s1. The number of rotatable bonds is 8. The Labute approximate surface area is 244 Å². The van der Waals surface area contributed by atoms with Gasteiger partial charge in [0.15, 0.2) is 0 Å². The van der Waals surface area contributed by atoms with E-state index >= 15 is 0 Å². The van der Waals surface area contributed by atoms with Gasteiger partial charge in [0.05, 0.1) is 17.3 Å². The van der Waals surface area contributed by atoms with Crippen LogP contribution in [0.3, 0.4) is 0 Å². The highest BCUT2D eigenvalue weighted by Crippen LogP contribution is 2.35. The maximum atomic E-state index is 13.7. The molecule has 1 atom stereocenters. The SMILES string of the molecule is Cc1ccc(C(=O)Nc2cc(OC[C@@H]3CCCN3C(=O)[O-])cc(C(F)(F)F)c2)cc1Nc1ncccc1-c1ccncn1. The van der Waals surface area contributed by atoms with E-state index in [1.165, 1.54) is 12.4 Å². The van der Waals surface area contributed by atoms with Gasteiger partial charge in [-0.15, -0.1) is 0 Å². The van der Waals surface area contributed by atoms with Crippen molar-refractivity contribution in [3.63, 3.8) is 0 Å². The van der Waals surface area contributed by atoms with Gasteiger partial charge in [-0.3, -0.25) is 4.79 Å². The molecule has 43 heavy (non-hydrogen) atoms. The number of carbonyl (C=O) groups excluding carboxylic acids is 2. The molecule has 13 heteroatoms. The minimum absolute atomic E-state index is 0.135. The number of benzene rings is 2. The predicted octanol–water partition coefficient (Wildman–Crippen LogP) is 5.05. The summed E-state index contributed by atoms with van der Waals surface area (Å²) >= 11 is 0. The van der Waals surface area contributed by atoms with Crippen LogP contribution in [0, 0.1) is 6.92 Å². The van der Waals surface area contributed by atoms with Crippen LogP contribution in [0.15, 0.2) is 73.3 Å². The maximum Gasteiger partial charge on any atom is 0.416 e. The number of halogens is 3. The van der Waals surface area contributed by atoms with Crippen LogP contribution in [0.1, 0.15) is 34.3 Å². The second kappa shape index (κ2) is 12.3. The van der Waals surface area contributed by atoms with Gasteiger partial charge >= 0.3 is 6.18 Å². The number of ether oxygens (including phenoxy) is 1. The molecular weight excluding hydrogens is 565 g/mol. The first-order chi connectivity index (χ1) is 20.6. The van der Waals surface area contributed by atoms with E-state index in [9.17, 15) is 27.9 Å². The molecule has 2 aromatic carbocycles. The van der Waals surface area contributed by atoms with Crippen LogP contribution in [0.4, 0.5) is 35.2 Å². The minimum Gasteiger partial charge on any atom is -0.530 e. The van der Waals surface area contributed by atoms with E-state index in [0.717, 1.165) is 22.6 Å². The zero-order valence-corrected chi connectivity index (χ0v) is 22.9. The number of nitrogens with zero attached hydrogens (tertiary/aromatic N) is 4. The molecule has 1 saturated heterocycles. The molecule has 0 bridgehead atoms. The zero-order valence-electron chi connectivity index (χ0n) is 22.9. The highest BCUT2D eigenvalue weighted by atomic mass is 19.4. The van der Waals surface area contributed by atoms with Gasteiger partial charge in [0.25, 0.3) is 5.91 Å². The summed E-state index contributed by atoms with van der Waals surface area (Å²) < 4.78 is 46.7. The number of aromatic nitrogens is 3. The van der Waals surface area contributed by atoms with E-state index in [-0.39, 0.29) is 30.2 Å². The lowest BCUT2D eigenvalue weighted by molar-refractivity contribution is -0.266. The molecule has 0 spiro atoms. The summed E-state index contributed by atoms with van der Waals surface area (Å²) in [4.78, 5) is 38.2. The Balaban J connectivity index is 1.36. The van der Waals surface area contributed by atoms with Crippen molar-refractivity contribution in [1.82, 2.24) is 19.9 Å². The van der Waals surface area contributed by atoms with Crippen LogP contribution in [0.25, 0.3) is 11.3 Å². The largest absolute Gasteiger partial charge is 0.530 e. The molecule has 5 rings (SSSR count). The number of aryl methyl sites for hydroxylation is 1. The number of likely N-dealkylation sites (tertiary alicyclic amines) is 1. The van der Waals surface area contributed by atoms with Crippen LogP contribution >= 0.6 is 0 Å². The molecule has 222 valence electrons. The van der Waals surface area contributed by atoms with Crippen LogP contribution in [0.5, 0.6) is 5.75 Å². The normalized spacial score (nSPS) is 14.8. The Morgan fingerprint density at radius 3 is 2.67 bits per heavy atom. The first-order valence-corrected chi connectivity index (χ1v) is 13.3. The summed E-state index contributed by atoms with van der Waals surface area (Å²) in [5, 5.41) is 17.0. The first-order valence-electron chi connectivity index (χ1n) is 13.3. The summed E-state index contributed by atoms with van der Waals surface area (Å²) in [6, 6.07) is 12.5. The lowest BCUT2D eigenvalue weighted by Gasteiger charge is -2.27. The molecule has 10 nitrogen and oxygen atoms in total. The van der Waals surface area contributed by atoms with Gasteiger partial charge in [0.2, 0.25) is 0 Å². The number of alkyl halides is 3. The van der Waals surface area contributed by atoms with Crippen molar-refractivity contribution >= 4 is 29.2 Å². The lowest BCUT2D eigenvalue weighted by atomic mass is 10.1. The summed E-state index contributed by atoms with van der Waals surface area (Å²) in [5.74, 6) is -0.320. The van der Waals surface area contributed by atoms with Gasteiger partial charge in [-0.05, 0) is 67.8 Å². The van der Waals surface area contributed by atoms with Gasteiger partial charge < -0.3 is 30.2 Å². The van der Waals surface area contributed by atoms with Crippen molar-refractivity contribution < 1.29 is 32.6 Å². The van der Waals surface area contributed by atoms with Crippen LogP contribution in [0.2, 0.25) is 0 Å². The Hall–Kier alpha value is -5.20. The molecule has 2 aromatic heterocycles. The number of nitrogens with one attached hydrogen (secondary N) is 2. The zero-order chi connectivity index (χ0) is 30.6. The second-order valence-corrected chi connectivity index (χ2v) is 9.91. The highest BCUT2D eigenvalue weighted by molar-refractivity contribution is 6.05. The number of hydrogen-bond acceptors (Lipinski definition) is 8. The monoisotopic (exact) mass is 591 g/mol. The molecule has 0 radical (unpaired) electrons. The average molecular weight is 592 g/mol. The molecule has 0 unspecified atom stereocenters. The molecular formula is C30H26F3N6O4-. The smallest absolute Gasteiger partial charge is 0.416 e. The molecule has 1 aliphatic heterocycles. The Bertz CT molecular complexity index is 1630. The number of pyridine rings is 1. The maximum absolute atomic E-state index is 13.7. The van der Waals surface area contributed by atoms with E-state index < -0.39 is 29.8 Å². The lowest BCUT2D eigenvalue weighted by Crippen LogP contribution is -2.46. The molecule has 3 heterocycles. The van der Waals surface area contributed by atoms with Crippen molar-refractivity contribution in [2.75, 3.05) is 23.8 Å². The second-order valence-electron chi connectivity index (χ2n) is 9.91. The fourth-order valence-electron chi connectivity index (χ4n) is 4.75. The molecule has 1 fully saturated rings. The van der Waals surface area contributed by atoms with Crippen LogP contribution in [-0.2, 0) is 6.18 Å². The quantitative estimate of drug-likeness (QED) is 0.291. The van der Waals surface area contributed by atoms with Crippen molar-refractivity contribution in [3.8, 4) is 17.0 Å². The van der Waals surface area contributed by atoms with Gasteiger partial charge in [-0.25, -0.2) is 15.0 Å². The molecule has 0 aliphatic carbocycles. The molecule has 2 amide bonds.